The maximum Gasteiger partial charge on any atom is 0.0629 e. The van der Waals surface area contributed by atoms with Gasteiger partial charge in [0, 0.05) is 5.75 Å². The standard InChI is InChI=1S/C17H20S/c1-13-11-17(18-12-14(13)2,15-7-3-4-8-15)16-9-5-6-10-16/h3-7,9H,8,10-12H2,1-2H3. The second-order valence-corrected chi connectivity index (χ2v) is 6.78. The average Bonchev–Trinajstić information content (AvgIpc) is 3.04. The highest BCUT2D eigenvalue weighted by atomic mass is 32.2. The topological polar surface area (TPSA) is 0 Å². The maximum absolute atomic E-state index is 2.35. The second-order valence-electron chi connectivity index (χ2n) is 5.50. The molecule has 0 aromatic rings. The first kappa shape index (κ1) is 12.1. The quantitative estimate of drug-likeness (QED) is 0.628. The molecule has 0 saturated heterocycles. The zero-order valence-electron chi connectivity index (χ0n) is 11.2. The fourth-order valence-electron chi connectivity index (χ4n) is 3.04. The third-order valence-corrected chi connectivity index (χ3v) is 6.10. The van der Waals surface area contributed by atoms with E-state index >= 15 is 0 Å². The summed E-state index contributed by atoms with van der Waals surface area (Å²) in [7, 11) is 0. The summed E-state index contributed by atoms with van der Waals surface area (Å²) in [6.07, 6.45) is 17.2. The number of thioether (sulfide) groups is 1. The molecule has 0 bridgehead atoms. The van der Waals surface area contributed by atoms with Crippen molar-refractivity contribution in [1.82, 2.24) is 0 Å². The van der Waals surface area contributed by atoms with Crippen LogP contribution < -0.4 is 0 Å². The zero-order valence-corrected chi connectivity index (χ0v) is 12.0. The Bertz CT molecular complexity index is 482. The van der Waals surface area contributed by atoms with Crippen LogP contribution in [0.15, 0.2) is 58.7 Å². The van der Waals surface area contributed by atoms with Gasteiger partial charge in [-0.1, -0.05) is 47.6 Å². The van der Waals surface area contributed by atoms with E-state index in [1.807, 2.05) is 0 Å². The Hall–Kier alpha value is -0.950. The molecule has 0 spiro atoms. The highest BCUT2D eigenvalue weighted by Crippen LogP contribution is 2.52. The maximum atomic E-state index is 2.35. The Morgan fingerprint density at radius 2 is 1.56 bits per heavy atom. The van der Waals surface area contributed by atoms with Crippen LogP contribution in [-0.2, 0) is 0 Å². The van der Waals surface area contributed by atoms with E-state index in [0.29, 0.717) is 0 Å². The molecule has 0 nitrogen and oxygen atoms in total. The third kappa shape index (κ3) is 1.85. The Morgan fingerprint density at radius 3 is 2.00 bits per heavy atom. The fourth-order valence-corrected chi connectivity index (χ4v) is 4.74. The summed E-state index contributed by atoms with van der Waals surface area (Å²) in [6, 6.07) is 0. The van der Waals surface area contributed by atoms with Gasteiger partial charge in [0.2, 0.25) is 0 Å². The molecule has 2 aliphatic carbocycles. The summed E-state index contributed by atoms with van der Waals surface area (Å²) >= 11 is 2.14. The van der Waals surface area contributed by atoms with E-state index in [0.717, 1.165) is 12.8 Å². The first-order valence-electron chi connectivity index (χ1n) is 6.74. The monoisotopic (exact) mass is 256 g/mol. The van der Waals surface area contributed by atoms with E-state index in [2.05, 4.69) is 62.1 Å². The van der Waals surface area contributed by atoms with E-state index in [1.54, 1.807) is 22.3 Å². The highest BCUT2D eigenvalue weighted by molar-refractivity contribution is 8.01. The van der Waals surface area contributed by atoms with E-state index < -0.39 is 0 Å². The Morgan fingerprint density at radius 1 is 0.944 bits per heavy atom. The number of allylic oxidation sites excluding steroid dienone is 7. The second kappa shape index (κ2) is 4.62. The minimum atomic E-state index is 0.247. The molecule has 0 radical (unpaired) electrons. The lowest BCUT2D eigenvalue weighted by atomic mass is 9.82. The molecular weight excluding hydrogens is 236 g/mol. The van der Waals surface area contributed by atoms with Crippen molar-refractivity contribution >= 4 is 11.8 Å². The highest BCUT2D eigenvalue weighted by Gasteiger charge is 2.40. The minimum absolute atomic E-state index is 0.247. The van der Waals surface area contributed by atoms with Crippen molar-refractivity contribution in [1.29, 1.82) is 0 Å². The van der Waals surface area contributed by atoms with Gasteiger partial charge in [0.15, 0.2) is 0 Å². The molecule has 3 aliphatic rings. The first-order valence-corrected chi connectivity index (χ1v) is 7.72. The van der Waals surface area contributed by atoms with Crippen molar-refractivity contribution in [3.63, 3.8) is 0 Å². The molecule has 0 aromatic heterocycles. The van der Waals surface area contributed by atoms with Gasteiger partial charge in [-0.3, -0.25) is 0 Å². The lowest BCUT2D eigenvalue weighted by molar-refractivity contribution is 0.717. The van der Waals surface area contributed by atoms with Crippen LogP contribution in [0.2, 0.25) is 0 Å². The van der Waals surface area contributed by atoms with Crippen LogP contribution in [0.1, 0.15) is 33.1 Å². The van der Waals surface area contributed by atoms with Gasteiger partial charge >= 0.3 is 0 Å². The molecule has 0 unspecified atom stereocenters. The molecule has 0 N–H and O–H groups in total. The van der Waals surface area contributed by atoms with Crippen LogP contribution in [0.25, 0.3) is 0 Å². The summed E-state index contributed by atoms with van der Waals surface area (Å²) in [4.78, 5) is 0. The Balaban J connectivity index is 2.00. The number of rotatable bonds is 2. The van der Waals surface area contributed by atoms with Crippen molar-refractivity contribution in [2.45, 2.75) is 37.9 Å². The number of hydrogen-bond donors (Lipinski definition) is 0. The summed E-state index contributed by atoms with van der Waals surface area (Å²) < 4.78 is 0.247. The van der Waals surface area contributed by atoms with Gasteiger partial charge in [0.1, 0.15) is 0 Å². The average molecular weight is 256 g/mol. The van der Waals surface area contributed by atoms with Gasteiger partial charge in [-0.05, 0) is 44.3 Å². The first-order chi connectivity index (χ1) is 8.72. The molecule has 0 saturated carbocycles. The molecular formula is C17H20S. The lowest BCUT2D eigenvalue weighted by Crippen LogP contribution is -2.33. The van der Waals surface area contributed by atoms with Gasteiger partial charge in [0.25, 0.3) is 0 Å². The van der Waals surface area contributed by atoms with Crippen LogP contribution in [0.4, 0.5) is 0 Å². The largest absolute Gasteiger partial charge is 0.141 e. The van der Waals surface area contributed by atoms with Gasteiger partial charge in [-0.15, -0.1) is 11.8 Å². The predicted octanol–water partition coefficient (Wildman–Crippen LogP) is 4.97. The van der Waals surface area contributed by atoms with Crippen LogP contribution >= 0.6 is 11.8 Å². The van der Waals surface area contributed by atoms with Gasteiger partial charge in [0.05, 0.1) is 4.75 Å². The molecule has 94 valence electrons. The van der Waals surface area contributed by atoms with Crippen LogP contribution in [0, 0.1) is 0 Å². The Kier molecular flexibility index (Phi) is 3.11. The van der Waals surface area contributed by atoms with Crippen LogP contribution in [0.5, 0.6) is 0 Å². The van der Waals surface area contributed by atoms with Crippen molar-refractivity contribution < 1.29 is 0 Å². The van der Waals surface area contributed by atoms with Crippen molar-refractivity contribution in [3.05, 3.63) is 58.7 Å². The molecule has 0 amide bonds. The van der Waals surface area contributed by atoms with E-state index in [4.69, 9.17) is 0 Å². The van der Waals surface area contributed by atoms with Crippen LogP contribution in [0.3, 0.4) is 0 Å². The Labute approximate surface area is 114 Å². The van der Waals surface area contributed by atoms with Gasteiger partial charge < -0.3 is 0 Å². The minimum Gasteiger partial charge on any atom is -0.141 e. The molecule has 1 heteroatoms. The lowest BCUT2D eigenvalue weighted by Gasteiger charge is -2.40. The predicted molar refractivity (Wildman–Crippen MR) is 81.9 cm³/mol. The van der Waals surface area contributed by atoms with Crippen molar-refractivity contribution in [2.24, 2.45) is 0 Å². The summed E-state index contributed by atoms with van der Waals surface area (Å²) in [5.41, 5.74) is 6.38. The fraction of sp³-hybridized carbons (Fsp3) is 0.412. The molecule has 1 aliphatic heterocycles. The molecule has 18 heavy (non-hydrogen) atoms. The van der Waals surface area contributed by atoms with Crippen LogP contribution in [-0.4, -0.2) is 10.5 Å². The molecule has 3 rings (SSSR count). The van der Waals surface area contributed by atoms with E-state index in [1.165, 1.54) is 12.2 Å². The van der Waals surface area contributed by atoms with E-state index in [-0.39, 0.29) is 4.75 Å². The van der Waals surface area contributed by atoms with Gasteiger partial charge in [-0.2, -0.15) is 0 Å². The normalized spacial score (nSPS) is 25.7. The van der Waals surface area contributed by atoms with Gasteiger partial charge in [-0.25, -0.2) is 0 Å². The SMILES string of the molecule is CC1=C(C)CC(C2=CC=CC2)(C2=CC=CC2)SC1. The summed E-state index contributed by atoms with van der Waals surface area (Å²) in [5.74, 6) is 1.18. The molecule has 0 aromatic carbocycles. The van der Waals surface area contributed by atoms with Crippen molar-refractivity contribution in [3.8, 4) is 0 Å². The third-order valence-electron chi connectivity index (χ3n) is 4.36. The zero-order chi connectivity index (χ0) is 12.6. The molecule has 1 heterocycles. The number of hydrogen-bond acceptors (Lipinski definition) is 1. The summed E-state index contributed by atoms with van der Waals surface area (Å²) in [6.45, 7) is 4.60. The molecule has 0 fully saturated rings. The smallest absolute Gasteiger partial charge is 0.0629 e. The van der Waals surface area contributed by atoms with Crippen molar-refractivity contribution in [2.75, 3.05) is 5.75 Å². The van der Waals surface area contributed by atoms with E-state index in [9.17, 15) is 0 Å². The molecule has 0 atom stereocenters. The summed E-state index contributed by atoms with van der Waals surface area (Å²) in [5, 5.41) is 0.